The molecule has 0 spiro atoms. The number of aliphatic hydroxyl groups excluding tert-OH is 4. The second-order valence-corrected chi connectivity index (χ2v) is 39.3. The molecule has 778 valence electrons. The fraction of sp³-hybridized carbons (Fsp3) is 0.885. The van der Waals surface area contributed by atoms with Gasteiger partial charge in [0.15, 0.2) is 18.9 Å². The number of carbonyl (C=O) groups is 4. The van der Waals surface area contributed by atoms with Gasteiger partial charge in [-0.2, -0.15) is 0 Å². The van der Waals surface area contributed by atoms with E-state index in [0.29, 0.717) is 77.0 Å². The largest absolute Gasteiger partial charge is 0.472 e. The average Bonchev–Trinajstić information content (AvgIpc) is 0.903. The van der Waals surface area contributed by atoms with E-state index in [-0.39, 0.29) is 95.9 Å². The van der Waals surface area contributed by atoms with Crippen LogP contribution in [0.5, 0.6) is 0 Å². The SMILES string of the molecule is CCCCCCC=CCCCC(=O)OC(CCCCCCC)CCOCC(COP(=O)(O)OCCNC(=O)CCCCC(=O)NCCOP(=O)(O)OCC(COCCC(CCCCCCC)OC(O)CCCC=CCCCCCC)NC(=O)C[C@@H](CCCCCCC)OC(O)CCCC=CCCCCCC)NC(O)C[C@@H](CCCCCCC)OC(O)CCCC=CCCCCCC. The lowest BCUT2D eigenvalue weighted by Gasteiger charge is -2.28. The molecule has 10 N–H and O–H groups in total. The lowest BCUT2D eigenvalue weighted by atomic mass is 10.0. The Labute approximate surface area is 803 Å². The minimum absolute atomic E-state index is 0.0271. The van der Waals surface area contributed by atoms with E-state index >= 15 is 0 Å². The maximum Gasteiger partial charge on any atom is 0.472 e. The molecule has 28 heteroatoms. The Morgan fingerprint density at radius 3 is 1.02 bits per heavy atom. The molecule has 0 fully saturated rings. The summed E-state index contributed by atoms with van der Waals surface area (Å²) in [5, 5.41) is 56.3. The van der Waals surface area contributed by atoms with E-state index in [1.807, 2.05) is 0 Å². The van der Waals surface area contributed by atoms with Crippen molar-refractivity contribution in [1.82, 2.24) is 21.3 Å². The highest BCUT2D eigenvalue weighted by Crippen LogP contribution is 2.44. The van der Waals surface area contributed by atoms with Crippen LogP contribution in [0.25, 0.3) is 0 Å². The van der Waals surface area contributed by atoms with Crippen molar-refractivity contribution in [1.29, 1.82) is 0 Å². The van der Waals surface area contributed by atoms with Gasteiger partial charge in [0, 0.05) is 51.8 Å². The number of phosphoric ester groups is 2. The summed E-state index contributed by atoms with van der Waals surface area (Å²) < 4.78 is 85.6. The second-order valence-electron chi connectivity index (χ2n) is 36.4. The van der Waals surface area contributed by atoms with Crippen LogP contribution in [0, 0.1) is 0 Å². The van der Waals surface area contributed by atoms with E-state index < -0.39 is 96.7 Å². The number of phosphoric acid groups is 2. The number of hydrogen-bond donors (Lipinski definition) is 10. The van der Waals surface area contributed by atoms with Gasteiger partial charge in [-0.05, 0) is 173 Å². The molecule has 0 saturated heterocycles. The zero-order chi connectivity index (χ0) is 97.0. The molecule has 0 aliphatic rings. The fourth-order valence-corrected chi connectivity index (χ4v) is 17.0. The zero-order valence-corrected chi connectivity index (χ0v) is 86.6. The molecule has 132 heavy (non-hydrogen) atoms. The summed E-state index contributed by atoms with van der Waals surface area (Å²) >= 11 is 0. The first-order valence-electron chi connectivity index (χ1n) is 53.5. The van der Waals surface area contributed by atoms with Gasteiger partial charge in [-0.15, -0.1) is 0 Å². The van der Waals surface area contributed by atoms with Crippen molar-refractivity contribution in [2.45, 2.75) is 528 Å². The Hall–Kier alpha value is -3.34. The highest BCUT2D eigenvalue weighted by molar-refractivity contribution is 7.47. The normalized spacial score (nSPS) is 15.3. The van der Waals surface area contributed by atoms with Crippen molar-refractivity contribution in [2.75, 3.05) is 65.9 Å². The second kappa shape index (κ2) is 95.2. The molecule has 0 aromatic heterocycles. The van der Waals surface area contributed by atoms with Crippen molar-refractivity contribution in [3.8, 4) is 0 Å². The topological polar surface area (TPSA) is 364 Å². The molecule has 0 aliphatic heterocycles. The number of nitrogens with one attached hydrogen (secondary N) is 4. The van der Waals surface area contributed by atoms with Gasteiger partial charge in [0.2, 0.25) is 17.7 Å². The lowest BCUT2D eigenvalue weighted by molar-refractivity contribution is -0.152. The summed E-state index contributed by atoms with van der Waals surface area (Å²) in [7, 11) is -9.53. The molecule has 0 aromatic carbocycles. The van der Waals surface area contributed by atoms with Crippen molar-refractivity contribution in [2.24, 2.45) is 0 Å². The fourth-order valence-electron chi connectivity index (χ4n) is 15.4. The Balaban J connectivity index is 6.07. The molecular weight excluding hydrogens is 1720 g/mol. The molecule has 0 aliphatic carbocycles. The smallest absolute Gasteiger partial charge is 0.462 e. The molecule has 0 aromatic rings. The Bertz CT molecular complexity index is 2810. The van der Waals surface area contributed by atoms with Gasteiger partial charge < -0.3 is 74.6 Å². The zero-order valence-electron chi connectivity index (χ0n) is 84.8. The molecule has 12 atom stereocenters. The molecule has 3 amide bonds. The van der Waals surface area contributed by atoms with Gasteiger partial charge in [0.1, 0.15) is 12.3 Å². The van der Waals surface area contributed by atoms with E-state index in [2.05, 4.69) is 125 Å². The van der Waals surface area contributed by atoms with Gasteiger partial charge in [0.05, 0.1) is 83.1 Å². The number of amides is 3. The van der Waals surface area contributed by atoms with Gasteiger partial charge in [-0.1, -0.05) is 303 Å². The summed E-state index contributed by atoms with van der Waals surface area (Å²) in [5.74, 6) is -1.44. The number of unbranched alkanes of at least 4 members (excludes halogenated alkanes) is 37. The van der Waals surface area contributed by atoms with Crippen LogP contribution in [0.1, 0.15) is 466 Å². The molecule has 0 bridgehead atoms. The van der Waals surface area contributed by atoms with E-state index in [4.69, 9.17) is 46.5 Å². The molecule has 0 rings (SSSR count). The first-order valence-corrected chi connectivity index (χ1v) is 56.5. The third-order valence-corrected chi connectivity index (χ3v) is 25.4. The standard InChI is InChI=1S/C104H200N4O22P2/c1-9-17-25-33-37-41-45-53-61-73-101(113)127-93(67-57-49-29-21-13-5)77-81-121-87-91(107-99(111)85-95(69-59-51-31-23-15-7)129-103(115)75-63-55-47-43-39-35-27-19-11-3)89-125-131(117,118)123-83-79-105-97(109)71-65-66-72-98(110)106-80-84-124-132(119,120)126-90-92(88-122-82-78-94(68-58-50-30-22-14-6)128-102(114)74-62-54-46-42-38-34-26-18-10-2)108-100(112)86-96(70-60-52-32-24-16-8)130-104(116)76-64-56-48-44-40-36-28-20-12-4/h41-48,91-96,99,102-104,107,111,114-116H,9-40,49-90H2,1-8H3,(H,105,109)(H,106,110)(H,108,112)(H,117,118)(H,119,120)/t91?,92?,93?,94?,95-,96-,99?,102?,103?,104?/m1/s1. The van der Waals surface area contributed by atoms with E-state index in [1.165, 1.54) is 96.3 Å². The maximum atomic E-state index is 14.0. The summed E-state index contributed by atoms with van der Waals surface area (Å²) in [6.07, 6.45) is 67.7. The third kappa shape index (κ3) is 89.3. The van der Waals surface area contributed by atoms with Crippen LogP contribution >= 0.6 is 15.6 Å². The highest BCUT2D eigenvalue weighted by atomic mass is 31.2. The number of allylic oxidation sites excluding steroid dienone is 8. The van der Waals surface area contributed by atoms with Gasteiger partial charge in [-0.25, -0.2) is 9.13 Å². The molecule has 0 heterocycles. The van der Waals surface area contributed by atoms with Crippen LogP contribution in [0.3, 0.4) is 0 Å². The molecular formula is C104H200N4O22P2. The third-order valence-electron chi connectivity index (χ3n) is 23.4. The Kier molecular flexibility index (Phi) is 92.8. The summed E-state index contributed by atoms with van der Waals surface area (Å²) in [6, 6.07) is -1.77. The first kappa shape index (κ1) is 129. The van der Waals surface area contributed by atoms with Crippen molar-refractivity contribution in [3.05, 3.63) is 48.6 Å². The minimum Gasteiger partial charge on any atom is -0.462 e. The average molecular weight is 1920 g/mol. The molecule has 10 unspecified atom stereocenters. The number of carbonyl (C=O) groups excluding carboxylic acids is 4. The summed E-state index contributed by atoms with van der Waals surface area (Å²) in [5.41, 5.74) is 0. The molecule has 26 nitrogen and oxygen atoms in total. The maximum absolute atomic E-state index is 14.0. The monoisotopic (exact) mass is 1920 g/mol. The van der Waals surface area contributed by atoms with E-state index in [9.17, 15) is 58.5 Å². The quantitative estimate of drug-likeness (QED) is 0.00889. The van der Waals surface area contributed by atoms with E-state index in [1.54, 1.807) is 0 Å². The summed E-state index contributed by atoms with van der Waals surface area (Å²) in [6.45, 7) is 15.7. The highest BCUT2D eigenvalue weighted by Gasteiger charge is 2.30. The van der Waals surface area contributed by atoms with Crippen LogP contribution < -0.4 is 21.3 Å². The molecule has 0 radical (unpaired) electrons. The van der Waals surface area contributed by atoms with Crippen LogP contribution in [0.2, 0.25) is 0 Å². The number of aliphatic hydroxyl groups is 4. The van der Waals surface area contributed by atoms with Crippen LogP contribution in [-0.2, 0) is 74.8 Å². The van der Waals surface area contributed by atoms with E-state index in [0.717, 1.165) is 212 Å². The van der Waals surface area contributed by atoms with Crippen LogP contribution in [0.15, 0.2) is 48.6 Å². The van der Waals surface area contributed by atoms with Crippen LogP contribution in [-0.4, -0.2) is 181 Å². The van der Waals surface area contributed by atoms with Gasteiger partial charge >= 0.3 is 21.6 Å². The Morgan fingerprint density at radius 1 is 0.303 bits per heavy atom. The van der Waals surface area contributed by atoms with Crippen molar-refractivity contribution < 1.29 is 105 Å². The van der Waals surface area contributed by atoms with Crippen LogP contribution in [0.4, 0.5) is 0 Å². The van der Waals surface area contributed by atoms with Gasteiger partial charge in [-0.3, -0.25) is 42.6 Å². The number of esters is 1. The Morgan fingerprint density at radius 2 is 0.621 bits per heavy atom. The van der Waals surface area contributed by atoms with Gasteiger partial charge in [0.25, 0.3) is 0 Å². The van der Waals surface area contributed by atoms with Crippen molar-refractivity contribution >= 4 is 39.3 Å². The first-order chi connectivity index (χ1) is 64.1. The lowest BCUT2D eigenvalue weighted by Crippen LogP contribution is -2.45. The predicted molar refractivity (Wildman–Crippen MR) is 536 cm³/mol. The minimum atomic E-state index is -4.77. The summed E-state index contributed by atoms with van der Waals surface area (Å²) in [4.78, 5) is 75.0. The number of rotatable bonds is 103. The molecule has 0 saturated carbocycles. The van der Waals surface area contributed by atoms with Crippen molar-refractivity contribution in [3.63, 3.8) is 0 Å². The number of hydrogen-bond acceptors (Lipinski definition) is 21. The predicted octanol–water partition coefficient (Wildman–Crippen LogP) is 24.7. The number of ether oxygens (including phenoxy) is 6.